The summed E-state index contributed by atoms with van der Waals surface area (Å²) in [5.41, 5.74) is 0. The van der Waals surface area contributed by atoms with Gasteiger partial charge < -0.3 is 5.11 Å². The van der Waals surface area contributed by atoms with E-state index in [2.05, 4.69) is 0 Å². The van der Waals surface area contributed by atoms with Gasteiger partial charge in [-0.2, -0.15) is 16.8 Å². The van der Waals surface area contributed by atoms with Gasteiger partial charge in [-0.25, -0.2) is 4.79 Å². The molecule has 0 radical (unpaired) electrons. The molecule has 16 heavy (non-hydrogen) atoms. The molecule has 0 saturated carbocycles. The van der Waals surface area contributed by atoms with Crippen LogP contribution in [-0.4, -0.2) is 41.1 Å². The Morgan fingerprint density at radius 3 is 1.75 bits per heavy atom. The van der Waals surface area contributed by atoms with Crippen LogP contribution in [0.25, 0.3) is 0 Å². The SMILES string of the molecule is CCC(C=CC(=O)O)(S(=O)(=O)O)S(=O)(=O)O. The standard InChI is InChI=1S/C6H10O8S2/c1-2-6(15(9,10)11,16(12,13)14)4-3-5(7)8/h3-4H,2H2,1H3,(H,7,8)(H,9,10,11)(H,12,13,14). The molecule has 0 spiro atoms. The summed E-state index contributed by atoms with van der Waals surface area (Å²) < 4.78 is 58.1. The predicted molar refractivity (Wildman–Crippen MR) is 52.9 cm³/mol. The van der Waals surface area contributed by atoms with Gasteiger partial charge in [-0.3, -0.25) is 9.11 Å². The van der Waals surface area contributed by atoms with Crippen molar-refractivity contribution in [1.29, 1.82) is 0 Å². The van der Waals surface area contributed by atoms with E-state index in [-0.39, 0.29) is 12.2 Å². The molecule has 0 amide bonds. The Hall–Kier alpha value is -0.970. The maximum atomic E-state index is 10.9. The molecule has 0 atom stereocenters. The highest BCUT2D eigenvalue weighted by Crippen LogP contribution is 2.28. The minimum atomic E-state index is -5.22. The highest BCUT2D eigenvalue weighted by atomic mass is 32.3. The van der Waals surface area contributed by atoms with Crippen LogP contribution >= 0.6 is 0 Å². The molecule has 0 rings (SSSR count). The second-order valence-electron chi connectivity index (χ2n) is 2.79. The number of carboxylic acids is 1. The van der Waals surface area contributed by atoms with Crippen molar-refractivity contribution in [2.75, 3.05) is 0 Å². The lowest BCUT2D eigenvalue weighted by Crippen LogP contribution is -2.43. The van der Waals surface area contributed by atoms with Crippen LogP contribution < -0.4 is 0 Å². The largest absolute Gasteiger partial charge is 0.478 e. The number of hydrogen-bond acceptors (Lipinski definition) is 5. The van der Waals surface area contributed by atoms with E-state index < -0.39 is 36.7 Å². The van der Waals surface area contributed by atoms with Crippen LogP contribution in [0.2, 0.25) is 0 Å². The fraction of sp³-hybridized carbons (Fsp3) is 0.500. The van der Waals surface area contributed by atoms with Crippen molar-refractivity contribution in [3.63, 3.8) is 0 Å². The molecule has 0 unspecified atom stereocenters. The molecule has 0 fully saturated rings. The van der Waals surface area contributed by atoms with Gasteiger partial charge in [-0.15, -0.1) is 0 Å². The van der Waals surface area contributed by atoms with Gasteiger partial charge in [-0.05, 0) is 12.5 Å². The second kappa shape index (κ2) is 4.49. The number of carbonyl (C=O) groups is 1. The minimum absolute atomic E-state index is 0.208. The second-order valence-corrected chi connectivity index (χ2v) is 6.40. The van der Waals surface area contributed by atoms with Crippen LogP contribution in [0.1, 0.15) is 13.3 Å². The highest BCUT2D eigenvalue weighted by Gasteiger charge is 2.51. The third kappa shape index (κ3) is 2.78. The summed E-state index contributed by atoms with van der Waals surface area (Å²) in [5, 5.41) is 8.26. The lowest BCUT2D eigenvalue weighted by Gasteiger charge is -2.21. The van der Waals surface area contributed by atoms with Crippen LogP contribution in [0, 0.1) is 0 Å². The molecule has 10 heteroatoms. The van der Waals surface area contributed by atoms with Gasteiger partial charge in [0.1, 0.15) is 0 Å². The summed E-state index contributed by atoms with van der Waals surface area (Å²) in [6.45, 7) is 1.05. The summed E-state index contributed by atoms with van der Waals surface area (Å²) in [5.74, 6) is -1.62. The molecule has 3 N–H and O–H groups in total. The monoisotopic (exact) mass is 274 g/mol. The topological polar surface area (TPSA) is 146 Å². The molecule has 0 aromatic carbocycles. The van der Waals surface area contributed by atoms with Crippen molar-refractivity contribution in [2.45, 2.75) is 17.4 Å². The lowest BCUT2D eigenvalue weighted by atomic mass is 10.3. The molecule has 0 bridgehead atoms. The Bertz CT molecular complexity index is 465. The van der Waals surface area contributed by atoms with Crippen molar-refractivity contribution >= 4 is 26.2 Å². The minimum Gasteiger partial charge on any atom is -0.478 e. The molecule has 0 saturated heterocycles. The fourth-order valence-corrected chi connectivity index (χ4v) is 3.26. The summed E-state index contributed by atoms with van der Waals surface area (Å²) in [6, 6.07) is 0. The molecule has 0 aromatic rings. The lowest BCUT2D eigenvalue weighted by molar-refractivity contribution is -0.131. The Labute approximate surface area is 92.1 Å². The maximum Gasteiger partial charge on any atom is 0.328 e. The van der Waals surface area contributed by atoms with Crippen molar-refractivity contribution in [3.05, 3.63) is 12.2 Å². The molecular formula is C6H10O8S2. The summed E-state index contributed by atoms with van der Waals surface area (Å²) in [6.07, 6.45) is -0.320. The Kier molecular flexibility index (Phi) is 4.22. The van der Waals surface area contributed by atoms with Crippen molar-refractivity contribution in [3.8, 4) is 0 Å². The average molecular weight is 274 g/mol. The normalized spacial score (nSPS) is 14.2. The molecular weight excluding hydrogens is 264 g/mol. The van der Waals surface area contributed by atoms with Gasteiger partial charge >= 0.3 is 5.97 Å². The maximum absolute atomic E-state index is 10.9. The smallest absolute Gasteiger partial charge is 0.328 e. The first-order valence-corrected chi connectivity index (χ1v) is 6.72. The zero-order valence-electron chi connectivity index (χ0n) is 8.06. The van der Waals surface area contributed by atoms with E-state index in [0.29, 0.717) is 0 Å². The summed E-state index contributed by atoms with van der Waals surface area (Å²) in [4.78, 5) is 10.2. The third-order valence-electron chi connectivity index (χ3n) is 1.85. The molecule has 0 aliphatic heterocycles. The Morgan fingerprint density at radius 2 is 1.56 bits per heavy atom. The van der Waals surface area contributed by atoms with Crippen molar-refractivity contribution in [1.82, 2.24) is 0 Å². The molecule has 94 valence electrons. The van der Waals surface area contributed by atoms with Crippen molar-refractivity contribution < 1.29 is 35.8 Å². The predicted octanol–water partition coefficient (Wildman–Crippen LogP) is -0.491. The van der Waals surface area contributed by atoms with Gasteiger partial charge in [-0.1, -0.05) is 6.92 Å². The van der Waals surface area contributed by atoms with Crippen LogP contribution in [0.4, 0.5) is 0 Å². The summed E-state index contributed by atoms with van der Waals surface area (Å²) in [7, 11) is -10.4. The first-order chi connectivity index (χ1) is 6.98. The number of hydrogen-bond donors (Lipinski definition) is 3. The Balaban J connectivity index is 6.01. The van der Waals surface area contributed by atoms with Gasteiger partial charge in [0.15, 0.2) is 0 Å². The number of rotatable bonds is 5. The molecule has 0 aromatic heterocycles. The zero-order valence-corrected chi connectivity index (χ0v) is 9.69. The Morgan fingerprint density at radius 1 is 1.19 bits per heavy atom. The van der Waals surface area contributed by atoms with E-state index in [4.69, 9.17) is 14.2 Å². The highest BCUT2D eigenvalue weighted by molar-refractivity contribution is 8.05. The molecule has 8 nitrogen and oxygen atoms in total. The van der Waals surface area contributed by atoms with Gasteiger partial charge in [0.2, 0.25) is 4.08 Å². The first-order valence-electron chi connectivity index (χ1n) is 3.84. The third-order valence-corrected chi connectivity index (χ3v) is 5.71. The van der Waals surface area contributed by atoms with E-state index in [1.807, 2.05) is 0 Å². The van der Waals surface area contributed by atoms with Gasteiger partial charge in [0, 0.05) is 6.08 Å². The fourth-order valence-electron chi connectivity index (χ4n) is 0.986. The van der Waals surface area contributed by atoms with Gasteiger partial charge in [0.25, 0.3) is 20.2 Å². The first kappa shape index (κ1) is 15.0. The zero-order chi connectivity index (χ0) is 13.2. The van der Waals surface area contributed by atoms with E-state index >= 15 is 0 Å². The van der Waals surface area contributed by atoms with Crippen LogP contribution in [-0.2, 0) is 25.0 Å². The van der Waals surface area contributed by atoms with Crippen LogP contribution in [0.5, 0.6) is 0 Å². The van der Waals surface area contributed by atoms with Gasteiger partial charge in [0.05, 0.1) is 0 Å². The van der Waals surface area contributed by atoms with Crippen LogP contribution in [0.15, 0.2) is 12.2 Å². The van der Waals surface area contributed by atoms with E-state index in [1.54, 1.807) is 0 Å². The molecule has 0 heterocycles. The number of carboxylic acid groups (broad SMARTS) is 1. The summed E-state index contributed by atoms with van der Waals surface area (Å²) >= 11 is 0. The average Bonchev–Trinajstić information content (AvgIpc) is 1.99. The van der Waals surface area contributed by atoms with E-state index in [1.165, 1.54) is 0 Å². The van der Waals surface area contributed by atoms with E-state index in [9.17, 15) is 21.6 Å². The van der Waals surface area contributed by atoms with Crippen LogP contribution in [0.3, 0.4) is 0 Å². The van der Waals surface area contributed by atoms with E-state index in [0.717, 1.165) is 6.92 Å². The number of aliphatic carboxylic acids is 1. The quantitative estimate of drug-likeness (QED) is 0.449. The molecule has 0 aliphatic carbocycles. The van der Waals surface area contributed by atoms with Crippen molar-refractivity contribution in [2.24, 2.45) is 0 Å². The molecule has 0 aliphatic rings.